The summed E-state index contributed by atoms with van der Waals surface area (Å²) in [5.41, 5.74) is 0.286. The van der Waals surface area contributed by atoms with Crippen molar-refractivity contribution in [2.75, 3.05) is 20.3 Å². The highest BCUT2D eigenvalue weighted by Gasteiger charge is 2.15. The van der Waals surface area contributed by atoms with Gasteiger partial charge in [-0.15, -0.1) is 0 Å². The summed E-state index contributed by atoms with van der Waals surface area (Å²) in [6, 6.07) is 5.02. The highest BCUT2D eigenvalue weighted by Crippen LogP contribution is 2.22. The van der Waals surface area contributed by atoms with Crippen LogP contribution in [-0.2, 0) is 14.3 Å². The van der Waals surface area contributed by atoms with E-state index in [0.29, 0.717) is 12.4 Å². The topological polar surface area (TPSA) is 61.8 Å². The SMILES string of the molecule is CCOC(=O)COc1ccc(I)cc1C(=O)OC. The van der Waals surface area contributed by atoms with Crippen LogP contribution < -0.4 is 4.74 Å². The number of carbonyl (C=O) groups is 2. The number of hydrogen-bond acceptors (Lipinski definition) is 5. The maximum atomic E-state index is 11.5. The zero-order chi connectivity index (χ0) is 13.5. The second kappa shape index (κ2) is 7.20. The van der Waals surface area contributed by atoms with Gasteiger partial charge in [0.15, 0.2) is 6.61 Å². The van der Waals surface area contributed by atoms with Crippen molar-refractivity contribution < 1.29 is 23.8 Å². The van der Waals surface area contributed by atoms with Gasteiger partial charge < -0.3 is 14.2 Å². The van der Waals surface area contributed by atoms with Crippen LogP contribution in [0.1, 0.15) is 17.3 Å². The molecule has 1 aromatic rings. The molecule has 0 atom stereocenters. The maximum Gasteiger partial charge on any atom is 0.344 e. The molecule has 0 amide bonds. The molecule has 0 fully saturated rings. The lowest BCUT2D eigenvalue weighted by Crippen LogP contribution is -2.16. The summed E-state index contributed by atoms with van der Waals surface area (Å²) in [4.78, 5) is 22.7. The van der Waals surface area contributed by atoms with E-state index in [-0.39, 0.29) is 12.2 Å². The first-order valence-corrected chi connectivity index (χ1v) is 6.32. The lowest BCUT2D eigenvalue weighted by atomic mass is 10.2. The van der Waals surface area contributed by atoms with Crippen LogP contribution >= 0.6 is 22.6 Å². The van der Waals surface area contributed by atoms with Gasteiger partial charge in [0, 0.05) is 3.57 Å². The van der Waals surface area contributed by atoms with E-state index in [1.807, 2.05) is 0 Å². The number of carbonyl (C=O) groups excluding carboxylic acids is 2. The fourth-order valence-electron chi connectivity index (χ4n) is 1.24. The van der Waals surface area contributed by atoms with Gasteiger partial charge in [-0.3, -0.25) is 0 Å². The normalized spacial score (nSPS) is 9.72. The van der Waals surface area contributed by atoms with E-state index in [9.17, 15) is 9.59 Å². The lowest BCUT2D eigenvalue weighted by Gasteiger charge is -2.10. The van der Waals surface area contributed by atoms with Crippen LogP contribution in [-0.4, -0.2) is 32.3 Å². The molecule has 0 saturated heterocycles. The van der Waals surface area contributed by atoms with Crippen LogP contribution in [0.15, 0.2) is 18.2 Å². The predicted molar refractivity (Wildman–Crippen MR) is 72.6 cm³/mol. The van der Waals surface area contributed by atoms with Crippen LogP contribution in [0.5, 0.6) is 5.75 Å². The Morgan fingerprint density at radius 2 is 2.06 bits per heavy atom. The van der Waals surface area contributed by atoms with Crippen molar-refractivity contribution in [3.8, 4) is 5.75 Å². The van der Waals surface area contributed by atoms with Gasteiger partial charge in [0.2, 0.25) is 0 Å². The van der Waals surface area contributed by atoms with Crippen LogP contribution in [0.3, 0.4) is 0 Å². The third-order valence-corrected chi connectivity index (χ3v) is 2.67. The van der Waals surface area contributed by atoms with Gasteiger partial charge >= 0.3 is 11.9 Å². The standard InChI is InChI=1S/C12H13IO5/c1-3-17-11(14)7-18-10-5-4-8(13)6-9(10)12(15)16-2/h4-6H,3,7H2,1-2H3. The second-order valence-corrected chi connectivity index (χ2v) is 4.47. The first-order valence-electron chi connectivity index (χ1n) is 5.24. The molecule has 0 bridgehead atoms. The molecule has 0 aliphatic carbocycles. The molecule has 1 rings (SSSR count). The number of ether oxygens (including phenoxy) is 3. The monoisotopic (exact) mass is 364 g/mol. The molecule has 1 aromatic carbocycles. The summed E-state index contributed by atoms with van der Waals surface area (Å²) in [5, 5.41) is 0. The summed E-state index contributed by atoms with van der Waals surface area (Å²) in [6.07, 6.45) is 0. The molecule has 6 heteroatoms. The van der Waals surface area contributed by atoms with E-state index in [1.54, 1.807) is 25.1 Å². The Balaban J connectivity index is 2.81. The first-order chi connectivity index (χ1) is 8.58. The van der Waals surface area contributed by atoms with E-state index >= 15 is 0 Å². The molecule has 0 aliphatic heterocycles. The summed E-state index contributed by atoms with van der Waals surface area (Å²) < 4.78 is 15.5. The molecule has 0 aliphatic rings. The van der Waals surface area contributed by atoms with Gasteiger partial charge in [-0.1, -0.05) is 0 Å². The fraction of sp³-hybridized carbons (Fsp3) is 0.333. The van der Waals surface area contributed by atoms with Gasteiger partial charge in [0.1, 0.15) is 11.3 Å². The van der Waals surface area contributed by atoms with E-state index in [4.69, 9.17) is 9.47 Å². The Morgan fingerprint density at radius 1 is 1.33 bits per heavy atom. The van der Waals surface area contributed by atoms with E-state index < -0.39 is 11.9 Å². The molecule has 0 heterocycles. The van der Waals surface area contributed by atoms with Crippen LogP contribution in [0, 0.1) is 3.57 Å². The van der Waals surface area contributed by atoms with Crippen molar-refractivity contribution in [3.63, 3.8) is 0 Å². The smallest absolute Gasteiger partial charge is 0.344 e. The summed E-state index contributed by atoms with van der Waals surface area (Å²) >= 11 is 2.07. The van der Waals surface area contributed by atoms with Crippen molar-refractivity contribution in [1.29, 1.82) is 0 Å². The number of methoxy groups -OCH3 is 1. The number of benzene rings is 1. The molecule has 98 valence electrons. The minimum absolute atomic E-state index is 0.238. The highest BCUT2D eigenvalue weighted by molar-refractivity contribution is 14.1. The third kappa shape index (κ3) is 4.17. The Bertz CT molecular complexity index is 444. The van der Waals surface area contributed by atoms with Gasteiger partial charge in [0.25, 0.3) is 0 Å². The minimum Gasteiger partial charge on any atom is -0.481 e. The Morgan fingerprint density at radius 3 is 2.67 bits per heavy atom. The minimum atomic E-state index is -0.507. The quantitative estimate of drug-likeness (QED) is 0.591. The van der Waals surface area contributed by atoms with E-state index in [1.165, 1.54) is 7.11 Å². The molecule has 0 aromatic heterocycles. The van der Waals surface area contributed by atoms with E-state index in [2.05, 4.69) is 27.3 Å². The van der Waals surface area contributed by atoms with Crippen molar-refractivity contribution in [3.05, 3.63) is 27.3 Å². The van der Waals surface area contributed by atoms with Gasteiger partial charge in [-0.2, -0.15) is 0 Å². The maximum absolute atomic E-state index is 11.5. The number of rotatable bonds is 5. The lowest BCUT2D eigenvalue weighted by molar-refractivity contribution is -0.145. The Hall–Kier alpha value is -1.31. The average Bonchev–Trinajstić information content (AvgIpc) is 2.36. The predicted octanol–water partition coefficient (Wildman–Crippen LogP) is 2.02. The molecule has 0 spiro atoms. The molecule has 0 N–H and O–H groups in total. The van der Waals surface area contributed by atoms with Crippen molar-refractivity contribution in [2.24, 2.45) is 0 Å². The zero-order valence-electron chi connectivity index (χ0n) is 10.1. The van der Waals surface area contributed by atoms with E-state index in [0.717, 1.165) is 3.57 Å². The molecule has 0 unspecified atom stereocenters. The molecular weight excluding hydrogens is 351 g/mol. The third-order valence-electron chi connectivity index (χ3n) is 2.00. The summed E-state index contributed by atoms with van der Waals surface area (Å²) in [7, 11) is 1.29. The van der Waals surface area contributed by atoms with Gasteiger partial charge in [0.05, 0.1) is 13.7 Å². The van der Waals surface area contributed by atoms with Crippen molar-refractivity contribution in [2.45, 2.75) is 6.92 Å². The highest BCUT2D eigenvalue weighted by atomic mass is 127. The molecule has 18 heavy (non-hydrogen) atoms. The molecule has 5 nitrogen and oxygen atoms in total. The summed E-state index contributed by atoms with van der Waals surface area (Å²) in [6.45, 7) is 1.76. The fourth-order valence-corrected chi connectivity index (χ4v) is 1.73. The second-order valence-electron chi connectivity index (χ2n) is 3.23. The molecule has 0 radical (unpaired) electrons. The Labute approximate surface area is 119 Å². The number of hydrogen-bond donors (Lipinski definition) is 0. The number of esters is 2. The number of halogens is 1. The zero-order valence-corrected chi connectivity index (χ0v) is 12.2. The summed E-state index contributed by atoms with van der Waals surface area (Å²) in [5.74, 6) is -0.686. The average molecular weight is 364 g/mol. The Kier molecular flexibility index (Phi) is 5.90. The van der Waals surface area contributed by atoms with Gasteiger partial charge in [-0.25, -0.2) is 9.59 Å². The van der Waals surface area contributed by atoms with Gasteiger partial charge in [-0.05, 0) is 47.7 Å². The molecular formula is C12H13IO5. The largest absolute Gasteiger partial charge is 0.481 e. The molecule has 0 saturated carbocycles. The van der Waals surface area contributed by atoms with Crippen molar-refractivity contribution >= 4 is 34.5 Å². The van der Waals surface area contributed by atoms with Crippen LogP contribution in [0.25, 0.3) is 0 Å². The first kappa shape index (κ1) is 14.7. The van der Waals surface area contributed by atoms with Crippen LogP contribution in [0.4, 0.5) is 0 Å². The van der Waals surface area contributed by atoms with Crippen molar-refractivity contribution in [1.82, 2.24) is 0 Å². The van der Waals surface area contributed by atoms with Crippen LogP contribution in [0.2, 0.25) is 0 Å².